The highest BCUT2D eigenvalue weighted by Gasteiger charge is 2.28. The van der Waals surface area contributed by atoms with Crippen molar-refractivity contribution in [2.24, 2.45) is 0 Å². The van der Waals surface area contributed by atoms with Crippen LogP contribution in [-0.2, 0) is 14.4 Å². The molecule has 0 rings (SSSR count). The van der Waals surface area contributed by atoms with Crippen LogP contribution in [0.15, 0.2) is 12.2 Å². The van der Waals surface area contributed by atoms with Gasteiger partial charge in [-0.25, -0.2) is 0 Å². The largest absolute Gasteiger partial charge is 0.481 e. The summed E-state index contributed by atoms with van der Waals surface area (Å²) in [5.74, 6) is -2.08. The Morgan fingerprint density at radius 1 is 0.960 bits per heavy atom. The zero-order valence-electron chi connectivity index (χ0n) is 14.9. The molecular formula is C17H31N2O6+. The van der Waals surface area contributed by atoms with Gasteiger partial charge < -0.3 is 25.1 Å². The van der Waals surface area contributed by atoms with E-state index >= 15 is 0 Å². The van der Waals surface area contributed by atoms with Crippen LogP contribution in [0.1, 0.15) is 39.0 Å². The standard InChI is InChI=1S/C17H30N2O6/c1-2-3-4-5-6-15(21)18-9-12-19(13-14-20,10-7-16(22)23)11-8-17(24)25/h4-5,20H,2-3,6-14H2,1H3,(H2-,18,21,22,23,24,25)/p+1/b5-4+. The summed E-state index contributed by atoms with van der Waals surface area (Å²) >= 11 is 0. The molecule has 0 aromatic heterocycles. The maximum Gasteiger partial charge on any atom is 0.309 e. The first-order valence-corrected chi connectivity index (χ1v) is 8.66. The Balaban J connectivity index is 4.64. The molecule has 1 amide bonds. The molecule has 0 heterocycles. The van der Waals surface area contributed by atoms with Crippen LogP contribution in [0.3, 0.4) is 0 Å². The van der Waals surface area contributed by atoms with Crippen molar-refractivity contribution >= 4 is 17.8 Å². The number of hydrogen-bond donors (Lipinski definition) is 4. The number of carbonyl (C=O) groups excluding carboxylic acids is 1. The lowest BCUT2D eigenvalue weighted by molar-refractivity contribution is -0.926. The molecule has 0 spiro atoms. The number of amides is 1. The number of aliphatic carboxylic acids is 2. The third-order valence-corrected chi connectivity index (χ3v) is 4.01. The van der Waals surface area contributed by atoms with Crippen LogP contribution in [0.4, 0.5) is 0 Å². The number of hydrogen-bond acceptors (Lipinski definition) is 4. The van der Waals surface area contributed by atoms with Gasteiger partial charge in [0.15, 0.2) is 0 Å². The van der Waals surface area contributed by atoms with Crippen LogP contribution in [0, 0.1) is 0 Å². The topological polar surface area (TPSA) is 124 Å². The smallest absolute Gasteiger partial charge is 0.309 e. The highest BCUT2D eigenvalue weighted by molar-refractivity contribution is 5.77. The van der Waals surface area contributed by atoms with Crippen molar-refractivity contribution in [2.75, 3.05) is 39.3 Å². The Labute approximate surface area is 148 Å². The number of nitrogens with one attached hydrogen (secondary N) is 1. The molecule has 4 N–H and O–H groups in total. The molecule has 0 saturated heterocycles. The van der Waals surface area contributed by atoms with Gasteiger partial charge in [-0.2, -0.15) is 0 Å². The number of nitrogens with zero attached hydrogens (tertiary/aromatic N) is 1. The van der Waals surface area contributed by atoms with E-state index in [1.54, 1.807) is 0 Å². The Bertz CT molecular complexity index is 432. The minimum Gasteiger partial charge on any atom is -0.481 e. The van der Waals surface area contributed by atoms with Gasteiger partial charge in [0.05, 0.1) is 45.6 Å². The maximum absolute atomic E-state index is 11.8. The summed E-state index contributed by atoms with van der Waals surface area (Å²) in [7, 11) is 0. The predicted octanol–water partition coefficient (Wildman–Crippen LogP) is 0.608. The lowest BCUT2D eigenvalue weighted by Gasteiger charge is -2.37. The first-order valence-electron chi connectivity index (χ1n) is 8.66. The van der Waals surface area contributed by atoms with Gasteiger partial charge in [-0.15, -0.1) is 0 Å². The second-order valence-corrected chi connectivity index (χ2v) is 6.06. The molecule has 0 atom stereocenters. The van der Waals surface area contributed by atoms with Gasteiger partial charge in [-0.3, -0.25) is 14.4 Å². The van der Waals surface area contributed by atoms with Crippen LogP contribution in [0.25, 0.3) is 0 Å². The average Bonchev–Trinajstić information content (AvgIpc) is 2.55. The number of carbonyl (C=O) groups is 3. The fourth-order valence-electron chi connectivity index (χ4n) is 2.53. The number of rotatable bonds is 15. The Hall–Kier alpha value is -1.93. The Morgan fingerprint density at radius 2 is 1.56 bits per heavy atom. The number of aliphatic hydroxyl groups is 1. The number of carboxylic acids is 2. The highest BCUT2D eigenvalue weighted by Crippen LogP contribution is 2.10. The molecule has 0 unspecified atom stereocenters. The lowest BCUT2D eigenvalue weighted by atomic mass is 10.2. The van der Waals surface area contributed by atoms with Crippen molar-refractivity contribution in [3.05, 3.63) is 12.2 Å². The first-order chi connectivity index (χ1) is 11.8. The second-order valence-electron chi connectivity index (χ2n) is 6.06. The summed E-state index contributed by atoms with van der Waals surface area (Å²) in [6.07, 6.45) is 5.75. The predicted molar refractivity (Wildman–Crippen MR) is 93.0 cm³/mol. The molecule has 0 saturated carbocycles. The normalized spacial score (nSPS) is 11.6. The van der Waals surface area contributed by atoms with Crippen molar-refractivity contribution in [1.29, 1.82) is 0 Å². The molecule has 0 radical (unpaired) electrons. The Morgan fingerprint density at radius 3 is 2.04 bits per heavy atom. The number of allylic oxidation sites excluding steroid dienone is 1. The minimum atomic E-state index is -0.971. The molecule has 0 bridgehead atoms. The van der Waals surface area contributed by atoms with E-state index in [0.717, 1.165) is 12.8 Å². The van der Waals surface area contributed by atoms with E-state index < -0.39 is 11.9 Å². The van der Waals surface area contributed by atoms with Gasteiger partial charge in [-0.05, 0) is 6.42 Å². The van der Waals surface area contributed by atoms with Crippen molar-refractivity contribution in [2.45, 2.75) is 39.0 Å². The van der Waals surface area contributed by atoms with Gasteiger partial charge in [0, 0.05) is 6.42 Å². The zero-order valence-corrected chi connectivity index (χ0v) is 14.9. The fourth-order valence-corrected chi connectivity index (χ4v) is 2.53. The molecule has 0 fully saturated rings. The quantitative estimate of drug-likeness (QED) is 0.251. The van der Waals surface area contributed by atoms with E-state index in [-0.39, 0.29) is 55.9 Å². The van der Waals surface area contributed by atoms with E-state index in [2.05, 4.69) is 12.2 Å². The van der Waals surface area contributed by atoms with Crippen molar-refractivity contribution < 1.29 is 34.2 Å². The molecule has 25 heavy (non-hydrogen) atoms. The van der Waals surface area contributed by atoms with Gasteiger partial charge in [0.25, 0.3) is 0 Å². The fraction of sp³-hybridized carbons (Fsp3) is 0.706. The number of aliphatic hydroxyl groups excluding tert-OH is 1. The molecule has 0 aromatic rings. The summed E-state index contributed by atoms with van der Waals surface area (Å²) in [5, 5.41) is 29.9. The third kappa shape index (κ3) is 12.1. The summed E-state index contributed by atoms with van der Waals surface area (Å²) in [6.45, 7) is 3.26. The summed E-state index contributed by atoms with van der Waals surface area (Å²) in [6, 6.07) is 0. The van der Waals surface area contributed by atoms with Gasteiger partial charge in [0.2, 0.25) is 5.91 Å². The van der Waals surface area contributed by atoms with Gasteiger partial charge in [0.1, 0.15) is 6.54 Å². The number of carboxylic acid groups (broad SMARTS) is 2. The third-order valence-electron chi connectivity index (χ3n) is 4.01. The first kappa shape index (κ1) is 23.1. The molecule has 144 valence electrons. The average molecular weight is 359 g/mol. The van der Waals surface area contributed by atoms with E-state index in [1.165, 1.54) is 0 Å². The lowest BCUT2D eigenvalue weighted by Crippen LogP contribution is -2.55. The van der Waals surface area contributed by atoms with E-state index in [1.807, 2.05) is 12.2 Å². The zero-order chi connectivity index (χ0) is 19.1. The molecule has 8 heteroatoms. The van der Waals surface area contributed by atoms with Crippen molar-refractivity contribution in [3.63, 3.8) is 0 Å². The SMILES string of the molecule is CCC/C=C/CC(=O)NCC[N+](CCO)(CCC(=O)O)CCC(=O)O. The van der Waals surface area contributed by atoms with Gasteiger partial charge >= 0.3 is 11.9 Å². The Kier molecular flexibility index (Phi) is 12.3. The van der Waals surface area contributed by atoms with E-state index in [9.17, 15) is 19.5 Å². The molecule has 8 nitrogen and oxygen atoms in total. The number of unbranched alkanes of at least 4 members (excludes halogenated alkanes) is 1. The maximum atomic E-state index is 11.8. The highest BCUT2D eigenvalue weighted by atomic mass is 16.4. The van der Waals surface area contributed by atoms with E-state index in [4.69, 9.17) is 10.2 Å². The van der Waals surface area contributed by atoms with Crippen LogP contribution >= 0.6 is 0 Å². The minimum absolute atomic E-state index is 0.118. The summed E-state index contributed by atoms with van der Waals surface area (Å²) < 4.78 is 0.154. The van der Waals surface area contributed by atoms with E-state index in [0.29, 0.717) is 13.1 Å². The summed E-state index contributed by atoms with van der Waals surface area (Å²) in [4.78, 5) is 33.5. The summed E-state index contributed by atoms with van der Waals surface area (Å²) in [5.41, 5.74) is 0. The van der Waals surface area contributed by atoms with Crippen molar-refractivity contribution in [1.82, 2.24) is 5.32 Å². The second kappa shape index (κ2) is 13.4. The molecule has 0 aliphatic rings. The van der Waals surface area contributed by atoms with Crippen LogP contribution in [0.2, 0.25) is 0 Å². The van der Waals surface area contributed by atoms with Crippen LogP contribution in [0.5, 0.6) is 0 Å². The number of quaternary nitrogens is 1. The monoisotopic (exact) mass is 359 g/mol. The molecule has 0 aliphatic heterocycles. The molecular weight excluding hydrogens is 328 g/mol. The molecule has 0 aliphatic carbocycles. The molecule has 0 aromatic carbocycles. The van der Waals surface area contributed by atoms with Gasteiger partial charge in [-0.1, -0.05) is 25.5 Å². The van der Waals surface area contributed by atoms with Crippen LogP contribution < -0.4 is 5.32 Å². The van der Waals surface area contributed by atoms with Crippen molar-refractivity contribution in [3.8, 4) is 0 Å². The van der Waals surface area contributed by atoms with Crippen LogP contribution in [-0.4, -0.2) is 77.0 Å².